The van der Waals surface area contributed by atoms with E-state index in [1.165, 1.54) is 6.07 Å². The fourth-order valence-corrected chi connectivity index (χ4v) is 0.821. The van der Waals surface area contributed by atoms with E-state index in [0.29, 0.717) is 11.5 Å². The number of nitrogen functional groups attached to an aromatic ring is 1. The van der Waals surface area contributed by atoms with Gasteiger partial charge in [0, 0.05) is 20.2 Å². The molecule has 1 aromatic rings. The SMILES string of the molecule is CN(C)c1ncc(F)cc1N. The molecular formula is C7H10FN3. The Hall–Kier alpha value is -1.32. The number of nitrogens with zero attached hydrogens (tertiary/aromatic N) is 2. The van der Waals surface area contributed by atoms with Gasteiger partial charge in [0.05, 0.1) is 11.9 Å². The van der Waals surface area contributed by atoms with Crippen LogP contribution in [0, 0.1) is 5.82 Å². The number of halogens is 1. The molecule has 0 bridgehead atoms. The van der Waals surface area contributed by atoms with Crippen LogP contribution < -0.4 is 10.6 Å². The summed E-state index contributed by atoms with van der Waals surface area (Å²) in [6.07, 6.45) is 1.14. The summed E-state index contributed by atoms with van der Waals surface area (Å²) in [6.45, 7) is 0. The Morgan fingerprint density at radius 3 is 2.64 bits per heavy atom. The number of anilines is 2. The summed E-state index contributed by atoms with van der Waals surface area (Å²) < 4.78 is 12.4. The van der Waals surface area contributed by atoms with Gasteiger partial charge in [0.2, 0.25) is 0 Å². The van der Waals surface area contributed by atoms with Crippen molar-refractivity contribution in [3.8, 4) is 0 Å². The second-order valence-corrected chi connectivity index (χ2v) is 2.46. The van der Waals surface area contributed by atoms with Crippen molar-refractivity contribution in [3.63, 3.8) is 0 Å². The van der Waals surface area contributed by atoms with Crippen molar-refractivity contribution in [2.24, 2.45) is 0 Å². The lowest BCUT2D eigenvalue weighted by atomic mass is 10.4. The first-order chi connectivity index (χ1) is 5.11. The average Bonchev–Trinajstić information content (AvgIpc) is 1.85. The number of hydrogen-bond donors (Lipinski definition) is 1. The topological polar surface area (TPSA) is 42.2 Å². The van der Waals surface area contributed by atoms with Crippen LogP contribution in [-0.2, 0) is 0 Å². The molecule has 0 aliphatic carbocycles. The van der Waals surface area contributed by atoms with Crippen LogP contribution in [0.3, 0.4) is 0 Å². The molecule has 0 saturated carbocycles. The molecule has 0 radical (unpaired) electrons. The van der Waals surface area contributed by atoms with E-state index < -0.39 is 5.82 Å². The molecule has 0 atom stereocenters. The maximum atomic E-state index is 12.4. The second kappa shape index (κ2) is 2.74. The second-order valence-electron chi connectivity index (χ2n) is 2.46. The molecule has 0 amide bonds. The molecule has 0 saturated heterocycles. The number of rotatable bonds is 1. The van der Waals surface area contributed by atoms with Crippen LogP contribution in [-0.4, -0.2) is 19.1 Å². The van der Waals surface area contributed by atoms with Gasteiger partial charge in [-0.2, -0.15) is 0 Å². The molecule has 4 heteroatoms. The quantitative estimate of drug-likeness (QED) is 0.654. The molecule has 0 aliphatic rings. The highest BCUT2D eigenvalue weighted by Gasteiger charge is 2.02. The van der Waals surface area contributed by atoms with Gasteiger partial charge < -0.3 is 10.6 Å². The molecule has 0 spiro atoms. The van der Waals surface area contributed by atoms with E-state index in [1.54, 1.807) is 19.0 Å². The minimum atomic E-state index is -0.409. The van der Waals surface area contributed by atoms with E-state index in [4.69, 9.17) is 5.73 Å². The van der Waals surface area contributed by atoms with E-state index in [-0.39, 0.29) is 0 Å². The number of nitrogens with two attached hydrogens (primary N) is 1. The third-order valence-corrected chi connectivity index (χ3v) is 1.29. The molecule has 11 heavy (non-hydrogen) atoms. The fraction of sp³-hybridized carbons (Fsp3) is 0.286. The van der Waals surface area contributed by atoms with Crippen LogP contribution in [0.25, 0.3) is 0 Å². The van der Waals surface area contributed by atoms with Crippen molar-refractivity contribution >= 4 is 11.5 Å². The summed E-state index contributed by atoms with van der Waals surface area (Å²) in [5, 5.41) is 0. The maximum absolute atomic E-state index is 12.4. The molecule has 3 nitrogen and oxygen atoms in total. The predicted molar refractivity (Wildman–Crippen MR) is 42.9 cm³/mol. The minimum Gasteiger partial charge on any atom is -0.396 e. The molecule has 2 N–H and O–H groups in total. The van der Waals surface area contributed by atoms with E-state index in [9.17, 15) is 4.39 Å². The van der Waals surface area contributed by atoms with Gasteiger partial charge in [0.1, 0.15) is 5.82 Å². The largest absolute Gasteiger partial charge is 0.396 e. The normalized spacial score (nSPS) is 9.73. The standard InChI is InChI=1S/C7H10FN3/c1-11(2)7-6(9)3-5(8)4-10-7/h3-4H,9H2,1-2H3. The Kier molecular flexibility index (Phi) is 1.94. The van der Waals surface area contributed by atoms with E-state index >= 15 is 0 Å². The van der Waals surface area contributed by atoms with Gasteiger partial charge in [-0.25, -0.2) is 9.37 Å². The van der Waals surface area contributed by atoms with Gasteiger partial charge in [-0.3, -0.25) is 0 Å². The van der Waals surface area contributed by atoms with E-state index in [1.807, 2.05) is 0 Å². The molecular weight excluding hydrogens is 145 g/mol. The molecule has 1 heterocycles. The van der Waals surface area contributed by atoms with E-state index in [2.05, 4.69) is 4.98 Å². The highest BCUT2D eigenvalue weighted by atomic mass is 19.1. The zero-order valence-electron chi connectivity index (χ0n) is 6.50. The highest BCUT2D eigenvalue weighted by molar-refractivity contribution is 5.61. The summed E-state index contributed by atoms with van der Waals surface area (Å²) >= 11 is 0. The minimum absolute atomic E-state index is 0.356. The van der Waals surface area contributed by atoms with Crippen LogP contribution >= 0.6 is 0 Å². The molecule has 0 unspecified atom stereocenters. The van der Waals surface area contributed by atoms with Gasteiger partial charge in [0.15, 0.2) is 5.82 Å². The molecule has 0 aromatic carbocycles. The molecule has 60 valence electrons. The van der Waals surface area contributed by atoms with Gasteiger partial charge >= 0.3 is 0 Å². The van der Waals surface area contributed by atoms with Gasteiger partial charge in [0.25, 0.3) is 0 Å². The van der Waals surface area contributed by atoms with Crippen molar-refractivity contribution in [2.75, 3.05) is 24.7 Å². The monoisotopic (exact) mass is 155 g/mol. The number of aromatic nitrogens is 1. The van der Waals surface area contributed by atoms with E-state index in [0.717, 1.165) is 6.20 Å². The smallest absolute Gasteiger partial charge is 0.151 e. The molecule has 1 rings (SSSR count). The number of hydrogen-bond acceptors (Lipinski definition) is 3. The summed E-state index contributed by atoms with van der Waals surface area (Å²) in [7, 11) is 3.60. The summed E-state index contributed by atoms with van der Waals surface area (Å²) in [5.41, 5.74) is 5.83. The lowest BCUT2D eigenvalue weighted by Gasteiger charge is -2.12. The summed E-state index contributed by atoms with van der Waals surface area (Å²) in [6, 6.07) is 1.25. The molecule has 1 aromatic heterocycles. The Bertz CT molecular complexity index is 260. The molecule has 0 aliphatic heterocycles. The first-order valence-corrected chi connectivity index (χ1v) is 3.19. The van der Waals surface area contributed by atoms with Crippen molar-refractivity contribution in [2.45, 2.75) is 0 Å². The molecule has 0 fully saturated rings. The Balaban J connectivity index is 3.09. The van der Waals surface area contributed by atoms with Crippen LogP contribution in [0.2, 0.25) is 0 Å². The average molecular weight is 155 g/mol. The summed E-state index contributed by atoms with van der Waals surface area (Å²) in [4.78, 5) is 5.53. The Morgan fingerprint density at radius 1 is 1.55 bits per heavy atom. The lowest BCUT2D eigenvalue weighted by Crippen LogP contribution is -2.13. The third-order valence-electron chi connectivity index (χ3n) is 1.29. The van der Waals surface area contributed by atoms with Gasteiger partial charge in [-0.05, 0) is 0 Å². The van der Waals surface area contributed by atoms with Crippen LogP contribution in [0.15, 0.2) is 12.3 Å². The van der Waals surface area contributed by atoms with Crippen molar-refractivity contribution in [1.82, 2.24) is 4.98 Å². The van der Waals surface area contributed by atoms with Gasteiger partial charge in [-0.15, -0.1) is 0 Å². The first kappa shape index (κ1) is 7.78. The third kappa shape index (κ3) is 1.58. The lowest BCUT2D eigenvalue weighted by molar-refractivity contribution is 0.622. The zero-order valence-corrected chi connectivity index (χ0v) is 6.50. The Morgan fingerprint density at radius 2 is 2.18 bits per heavy atom. The Labute approximate surface area is 64.6 Å². The fourth-order valence-electron chi connectivity index (χ4n) is 0.821. The first-order valence-electron chi connectivity index (χ1n) is 3.19. The van der Waals surface area contributed by atoms with Crippen molar-refractivity contribution < 1.29 is 4.39 Å². The highest BCUT2D eigenvalue weighted by Crippen LogP contribution is 2.17. The van der Waals surface area contributed by atoms with Crippen LogP contribution in [0.5, 0.6) is 0 Å². The zero-order chi connectivity index (χ0) is 8.43. The summed E-state index contributed by atoms with van der Waals surface area (Å²) in [5.74, 6) is 0.180. The van der Waals surface area contributed by atoms with Crippen molar-refractivity contribution in [3.05, 3.63) is 18.1 Å². The maximum Gasteiger partial charge on any atom is 0.151 e. The van der Waals surface area contributed by atoms with Crippen molar-refractivity contribution in [1.29, 1.82) is 0 Å². The van der Waals surface area contributed by atoms with Crippen LogP contribution in [0.1, 0.15) is 0 Å². The van der Waals surface area contributed by atoms with Gasteiger partial charge in [-0.1, -0.05) is 0 Å². The van der Waals surface area contributed by atoms with Crippen LogP contribution in [0.4, 0.5) is 15.9 Å². The number of pyridine rings is 1. The predicted octanol–water partition coefficient (Wildman–Crippen LogP) is 0.869.